The van der Waals surface area contributed by atoms with Gasteiger partial charge in [0.1, 0.15) is 10.9 Å². The molecule has 0 bridgehead atoms. The summed E-state index contributed by atoms with van der Waals surface area (Å²) in [6.45, 7) is 2.28. The lowest BCUT2D eigenvalue weighted by molar-refractivity contribution is -0.122. The Morgan fingerprint density at radius 2 is 1.63 bits per heavy atom. The first-order valence-electron chi connectivity index (χ1n) is 11.8. The predicted molar refractivity (Wildman–Crippen MR) is 150 cm³/mol. The maximum absolute atomic E-state index is 14.1. The van der Waals surface area contributed by atoms with Gasteiger partial charge in [-0.05, 0) is 58.9 Å². The van der Waals surface area contributed by atoms with Crippen LogP contribution in [0, 0.1) is 0 Å². The molecule has 0 radical (unpaired) electrons. The zero-order valence-corrected chi connectivity index (χ0v) is 22.1. The molecule has 1 atom stereocenters. The molecule has 0 saturated heterocycles. The van der Waals surface area contributed by atoms with Gasteiger partial charge in [0.05, 0.1) is 5.69 Å². The summed E-state index contributed by atoms with van der Waals surface area (Å²) in [5.74, 6) is -1.85. The molecule has 0 fully saturated rings. The summed E-state index contributed by atoms with van der Waals surface area (Å²) in [4.78, 5) is 41.0. The first-order valence-corrected chi connectivity index (χ1v) is 13.0. The van der Waals surface area contributed by atoms with Crippen molar-refractivity contribution in [3.63, 3.8) is 0 Å². The lowest BCUT2D eigenvalue weighted by Gasteiger charge is -2.31. The molecule has 1 unspecified atom stereocenters. The highest BCUT2D eigenvalue weighted by molar-refractivity contribution is 7.09. The normalized spacial score (nSPS) is 11.5. The Morgan fingerprint density at radius 1 is 0.974 bits per heavy atom. The average Bonchev–Trinajstić information content (AvgIpc) is 3.33. The fourth-order valence-electron chi connectivity index (χ4n) is 3.96. The quantitative estimate of drug-likeness (QED) is 0.278. The molecule has 4 rings (SSSR count). The summed E-state index contributed by atoms with van der Waals surface area (Å²) >= 11 is 6.89. The first kappa shape index (κ1) is 26.8. The number of nitrogen functional groups attached to an aromatic ring is 1. The number of anilines is 2. The van der Waals surface area contributed by atoms with E-state index < -0.39 is 23.8 Å². The van der Waals surface area contributed by atoms with E-state index in [1.807, 2.05) is 49.4 Å². The molecule has 38 heavy (non-hydrogen) atoms. The van der Waals surface area contributed by atoms with E-state index in [2.05, 4.69) is 9.69 Å². The van der Waals surface area contributed by atoms with Crippen molar-refractivity contribution in [1.29, 1.82) is 0 Å². The topological polar surface area (TPSA) is 131 Å². The number of primary amides is 1. The number of nitrogens with one attached hydrogen (secondary N) is 1. The van der Waals surface area contributed by atoms with Crippen molar-refractivity contribution in [3.05, 3.63) is 111 Å². The second kappa shape index (κ2) is 11.9. The van der Waals surface area contributed by atoms with Gasteiger partial charge in [0, 0.05) is 17.3 Å². The highest BCUT2D eigenvalue weighted by Gasteiger charge is 2.36. The molecule has 0 aliphatic heterocycles. The molecular weight excluding hydrogens is 522 g/mol. The summed E-state index contributed by atoms with van der Waals surface area (Å²) in [6.07, 6.45) is 0.802. The standard InChI is InChI=1S/C28H26ClN5O3S/c1-2-17-8-14-21(15-9-17)34(28(37)25-22(30)23(26(31)35)33-38-25)24(19-10-12-20(29)13-11-19)27(36)32-16-18-6-4-3-5-7-18/h3-15,24H,2,16,30H2,1H3,(H2,31,35)(H,32,36). The number of aromatic nitrogens is 1. The van der Waals surface area contributed by atoms with Crippen LogP contribution in [0.2, 0.25) is 5.02 Å². The van der Waals surface area contributed by atoms with Gasteiger partial charge in [-0.15, -0.1) is 0 Å². The minimum absolute atomic E-state index is 0.00758. The summed E-state index contributed by atoms with van der Waals surface area (Å²) in [5.41, 5.74) is 14.2. The van der Waals surface area contributed by atoms with E-state index >= 15 is 0 Å². The molecular formula is C28H26ClN5O3S. The number of nitrogens with zero attached hydrogens (tertiary/aromatic N) is 2. The van der Waals surface area contributed by atoms with E-state index in [9.17, 15) is 14.4 Å². The van der Waals surface area contributed by atoms with Crippen LogP contribution in [-0.4, -0.2) is 22.1 Å². The summed E-state index contributed by atoms with van der Waals surface area (Å²) in [5, 5.41) is 3.43. The zero-order chi connectivity index (χ0) is 27.2. The van der Waals surface area contributed by atoms with Crippen LogP contribution in [0.3, 0.4) is 0 Å². The Morgan fingerprint density at radius 3 is 2.21 bits per heavy atom. The van der Waals surface area contributed by atoms with E-state index in [1.54, 1.807) is 36.4 Å². The minimum Gasteiger partial charge on any atom is -0.395 e. The number of carbonyl (C=O) groups is 3. The second-order valence-electron chi connectivity index (χ2n) is 8.49. The largest absolute Gasteiger partial charge is 0.395 e. The van der Waals surface area contributed by atoms with Crippen LogP contribution in [0.15, 0.2) is 78.9 Å². The lowest BCUT2D eigenvalue weighted by Crippen LogP contribution is -2.44. The van der Waals surface area contributed by atoms with Gasteiger partial charge in [0.2, 0.25) is 5.91 Å². The number of carbonyl (C=O) groups excluding carboxylic acids is 3. The van der Waals surface area contributed by atoms with Crippen LogP contribution in [0.1, 0.15) is 49.8 Å². The number of nitrogens with two attached hydrogens (primary N) is 2. The summed E-state index contributed by atoms with van der Waals surface area (Å²) < 4.78 is 3.98. The fourth-order valence-corrected chi connectivity index (χ4v) is 4.83. The molecule has 8 nitrogen and oxygen atoms in total. The number of halogens is 1. The van der Waals surface area contributed by atoms with E-state index in [-0.39, 0.29) is 22.8 Å². The summed E-state index contributed by atoms with van der Waals surface area (Å²) in [7, 11) is 0. The fraction of sp³-hybridized carbons (Fsp3) is 0.143. The highest BCUT2D eigenvalue weighted by atomic mass is 35.5. The molecule has 1 heterocycles. The van der Waals surface area contributed by atoms with E-state index in [4.69, 9.17) is 23.1 Å². The van der Waals surface area contributed by atoms with Crippen LogP contribution in [0.4, 0.5) is 11.4 Å². The number of rotatable bonds is 9. The number of benzene rings is 3. The Kier molecular flexibility index (Phi) is 8.40. The molecule has 3 amide bonds. The van der Waals surface area contributed by atoms with Crippen LogP contribution >= 0.6 is 23.1 Å². The maximum Gasteiger partial charge on any atom is 0.273 e. The van der Waals surface area contributed by atoms with Crippen molar-refractivity contribution in [1.82, 2.24) is 9.69 Å². The molecule has 0 aliphatic rings. The van der Waals surface area contributed by atoms with Crippen molar-refractivity contribution in [2.24, 2.45) is 5.73 Å². The molecule has 1 aromatic heterocycles. The van der Waals surface area contributed by atoms with Crippen molar-refractivity contribution < 1.29 is 14.4 Å². The maximum atomic E-state index is 14.1. The van der Waals surface area contributed by atoms with E-state index in [1.165, 1.54) is 4.90 Å². The van der Waals surface area contributed by atoms with Crippen LogP contribution in [0.25, 0.3) is 0 Å². The number of aryl methyl sites for hydroxylation is 1. The third-order valence-corrected chi connectivity index (χ3v) is 7.10. The minimum atomic E-state index is -1.09. The molecule has 194 valence electrons. The van der Waals surface area contributed by atoms with Crippen molar-refractivity contribution in [2.75, 3.05) is 10.6 Å². The Labute approximate surface area is 229 Å². The van der Waals surface area contributed by atoms with Gasteiger partial charge < -0.3 is 16.8 Å². The van der Waals surface area contributed by atoms with Gasteiger partial charge in [-0.3, -0.25) is 19.3 Å². The van der Waals surface area contributed by atoms with Gasteiger partial charge in [0.25, 0.3) is 11.8 Å². The van der Waals surface area contributed by atoms with Crippen molar-refractivity contribution >= 4 is 52.2 Å². The Balaban J connectivity index is 1.82. The molecule has 4 aromatic rings. The third-order valence-electron chi connectivity index (χ3n) is 6.00. The van der Waals surface area contributed by atoms with E-state index in [0.29, 0.717) is 16.3 Å². The second-order valence-corrected chi connectivity index (χ2v) is 9.70. The van der Waals surface area contributed by atoms with Crippen LogP contribution in [0.5, 0.6) is 0 Å². The number of hydrogen-bond donors (Lipinski definition) is 3. The van der Waals surface area contributed by atoms with Gasteiger partial charge in [-0.25, -0.2) is 0 Å². The molecule has 0 aliphatic carbocycles. The zero-order valence-electron chi connectivity index (χ0n) is 20.6. The van der Waals surface area contributed by atoms with E-state index in [0.717, 1.165) is 29.1 Å². The van der Waals surface area contributed by atoms with Crippen LogP contribution < -0.4 is 21.7 Å². The molecule has 0 spiro atoms. The predicted octanol–water partition coefficient (Wildman–Crippen LogP) is 4.74. The van der Waals surface area contributed by atoms with Gasteiger partial charge in [-0.1, -0.05) is 73.1 Å². The van der Waals surface area contributed by atoms with Gasteiger partial charge in [-0.2, -0.15) is 4.37 Å². The van der Waals surface area contributed by atoms with Crippen molar-refractivity contribution in [3.8, 4) is 0 Å². The molecule has 5 N–H and O–H groups in total. The third kappa shape index (κ3) is 5.85. The molecule has 3 aromatic carbocycles. The van der Waals surface area contributed by atoms with Crippen molar-refractivity contribution in [2.45, 2.75) is 25.9 Å². The summed E-state index contributed by atoms with van der Waals surface area (Å²) in [6, 6.07) is 22.4. The number of hydrogen-bond acceptors (Lipinski definition) is 6. The molecule has 0 saturated carbocycles. The highest BCUT2D eigenvalue weighted by Crippen LogP contribution is 2.34. The average molecular weight is 548 g/mol. The van der Waals surface area contributed by atoms with Gasteiger partial charge in [0.15, 0.2) is 5.69 Å². The SMILES string of the molecule is CCc1ccc(N(C(=O)c2snc(C(N)=O)c2N)C(C(=O)NCc2ccccc2)c2ccc(Cl)cc2)cc1. The van der Waals surface area contributed by atoms with Gasteiger partial charge >= 0.3 is 0 Å². The lowest BCUT2D eigenvalue weighted by atomic mass is 10.0. The number of amides is 3. The smallest absolute Gasteiger partial charge is 0.273 e. The molecule has 10 heteroatoms. The monoisotopic (exact) mass is 547 g/mol. The first-order chi connectivity index (χ1) is 18.3. The van der Waals surface area contributed by atoms with Crippen LogP contribution in [-0.2, 0) is 17.8 Å². The Hall–Kier alpha value is -4.21. The Bertz CT molecular complexity index is 1440.